The van der Waals surface area contributed by atoms with Crippen LogP contribution in [0.1, 0.15) is 40.0 Å². The second-order valence-electron chi connectivity index (χ2n) is 6.57. The topological polar surface area (TPSA) is 46.2 Å². The van der Waals surface area contributed by atoms with Crippen LogP contribution in [0, 0.1) is 0 Å². The van der Waals surface area contributed by atoms with E-state index >= 15 is 0 Å². The molecule has 0 aromatic heterocycles. The fraction of sp³-hybridized carbons (Fsp3) is 0.0833. The predicted octanol–water partition coefficient (Wildman–Crippen LogP) is 4.56. The second kappa shape index (κ2) is 7.04. The third kappa shape index (κ3) is 3.08. The van der Waals surface area contributed by atoms with Gasteiger partial charge in [0.15, 0.2) is 5.78 Å². The molecule has 0 spiro atoms. The Balaban J connectivity index is 2.03. The first-order valence-corrected chi connectivity index (χ1v) is 8.92. The average Bonchev–Trinajstić information content (AvgIpc) is 2.96. The average molecular weight is 353 g/mol. The van der Waals surface area contributed by atoms with E-state index in [-0.39, 0.29) is 11.7 Å². The summed E-state index contributed by atoms with van der Waals surface area (Å²) in [5.74, 6) is -0.200. The van der Waals surface area contributed by atoms with Crippen LogP contribution in [0.15, 0.2) is 90.5 Å². The van der Waals surface area contributed by atoms with Gasteiger partial charge in [-0.15, -0.1) is 0 Å². The maximum absolute atomic E-state index is 13.4. The van der Waals surface area contributed by atoms with Crippen molar-refractivity contribution < 1.29 is 9.59 Å². The number of fused-ring (bicyclic) bond motifs is 1. The molecule has 4 rings (SSSR count). The number of hydrogen-bond donors (Lipinski definition) is 1. The van der Waals surface area contributed by atoms with Crippen LogP contribution >= 0.6 is 0 Å². The van der Waals surface area contributed by atoms with Crippen LogP contribution in [0.5, 0.6) is 0 Å². The molecule has 27 heavy (non-hydrogen) atoms. The van der Waals surface area contributed by atoms with E-state index < -0.39 is 6.04 Å². The van der Waals surface area contributed by atoms with Crippen molar-refractivity contribution in [2.75, 3.05) is 0 Å². The van der Waals surface area contributed by atoms with Gasteiger partial charge in [0, 0.05) is 18.1 Å². The van der Waals surface area contributed by atoms with E-state index in [0.29, 0.717) is 11.1 Å². The highest BCUT2D eigenvalue weighted by Crippen LogP contribution is 2.42. The van der Waals surface area contributed by atoms with Crippen LogP contribution in [-0.4, -0.2) is 11.7 Å². The number of amides is 1. The molecule has 1 aliphatic carbocycles. The lowest BCUT2D eigenvalue weighted by Crippen LogP contribution is -2.26. The minimum absolute atomic E-state index is 0.0351. The van der Waals surface area contributed by atoms with Gasteiger partial charge in [0.1, 0.15) is 0 Å². The van der Waals surface area contributed by atoms with Gasteiger partial charge in [-0.1, -0.05) is 84.9 Å². The summed E-state index contributed by atoms with van der Waals surface area (Å²) in [6.07, 6.45) is 0. The number of hydrogen-bond acceptors (Lipinski definition) is 2. The first-order valence-electron chi connectivity index (χ1n) is 8.92. The Bertz CT molecular complexity index is 995. The molecule has 1 N–H and O–H groups in total. The molecule has 0 aliphatic heterocycles. The highest BCUT2D eigenvalue weighted by Gasteiger charge is 2.37. The number of ketones is 1. The van der Waals surface area contributed by atoms with E-state index in [2.05, 4.69) is 5.32 Å². The van der Waals surface area contributed by atoms with Gasteiger partial charge in [-0.3, -0.25) is 9.59 Å². The summed E-state index contributed by atoms with van der Waals surface area (Å²) in [4.78, 5) is 25.3. The molecule has 0 saturated heterocycles. The molecule has 1 amide bonds. The van der Waals surface area contributed by atoms with Crippen LogP contribution in [0.2, 0.25) is 0 Å². The van der Waals surface area contributed by atoms with Crippen molar-refractivity contribution in [3.8, 4) is 0 Å². The van der Waals surface area contributed by atoms with Gasteiger partial charge >= 0.3 is 0 Å². The van der Waals surface area contributed by atoms with E-state index in [9.17, 15) is 9.59 Å². The maximum Gasteiger partial charge on any atom is 0.217 e. The van der Waals surface area contributed by atoms with E-state index in [0.717, 1.165) is 22.3 Å². The summed E-state index contributed by atoms with van der Waals surface area (Å²) >= 11 is 0. The van der Waals surface area contributed by atoms with Gasteiger partial charge in [-0.2, -0.15) is 0 Å². The van der Waals surface area contributed by atoms with Crippen molar-refractivity contribution in [2.45, 2.75) is 13.0 Å². The van der Waals surface area contributed by atoms with E-state index in [4.69, 9.17) is 0 Å². The van der Waals surface area contributed by atoms with E-state index in [1.807, 2.05) is 84.9 Å². The molecule has 0 unspecified atom stereocenters. The number of carbonyl (C=O) groups is 2. The molecule has 0 fully saturated rings. The second-order valence-corrected chi connectivity index (χ2v) is 6.57. The highest BCUT2D eigenvalue weighted by molar-refractivity contribution is 6.20. The fourth-order valence-corrected chi connectivity index (χ4v) is 3.69. The quantitative estimate of drug-likeness (QED) is 0.702. The molecule has 0 bridgehead atoms. The Morgan fingerprint density at radius 1 is 0.778 bits per heavy atom. The van der Waals surface area contributed by atoms with Gasteiger partial charge in [0.05, 0.1) is 6.04 Å². The molecule has 1 atom stereocenters. The zero-order chi connectivity index (χ0) is 18.8. The first-order chi connectivity index (χ1) is 13.2. The van der Waals surface area contributed by atoms with E-state index in [1.165, 1.54) is 6.92 Å². The number of nitrogens with one attached hydrogen (secondary N) is 1. The van der Waals surface area contributed by atoms with Crippen molar-refractivity contribution in [1.29, 1.82) is 0 Å². The third-order valence-electron chi connectivity index (χ3n) is 4.79. The zero-order valence-corrected chi connectivity index (χ0v) is 15.0. The third-order valence-corrected chi connectivity index (χ3v) is 4.79. The summed E-state index contributed by atoms with van der Waals surface area (Å²) in [6.45, 7) is 1.48. The molecule has 1 aliphatic rings. The lowest BCUT2D eigenvalue weighted by Gasteiger charge is -2.19. The standard InChI is InChI=1S/C24H19NO2/c1-16(26)25-23-19-14-8-9-15-20(19)24(27)22(23)21(17-10-4-2-5-11-17)18-12-6-3-7-13-18/h2-15,23H,1H3,(H,25,26)/t23-/m1/s1. The maximum atomic E-state index is 13.4. The Hall–Kier alpha value is -3.46. The highest BCUT2D eigenvalue weighted by atomic mass is 16.1. The molecule has 0 heterocycles. The van der Waals surface area contributed by atoms with Crippen molar-refractivity contribution in [3.05, 3.63) is 113 Å². The lowest BCUT2D eigenvalue weighted by molar-refractivity contribution is -0.119. The van der Waals surface area contributed by atoms with Gasteiger partial charge < -0.3 is 5.32 Å². The van der Waals surface area contributed by atoms with Gasteiger partial charge in [0.25, 0.3) is 0 Å². The Kier molecular flexibility index (Phi) is 4.43. The monoisotopic (exact) mass is 353 g/mol. The fourth-order valence-electron chi connectivity index (χ4n) is 3.69. The normalized spacial score (nSPS) is 15.4. The Morgan fingerprint density at radius 3 is 1.85 bits per heavy atom. The molecular weight excluding hydrogens is 334 g/mol. The molecule has 0 saturated carbocycles. The predicted molar refractivity (Wildman–Crippen MR) is 106 cm³/mol. The van der Waals surface area contributed by atoms with Crippen molar-refractivity contribution >= 4 is 17.3 Å². The molecule has 0 radical (unpaired) electrons. The first kappa shape index (κ1) is 17.0. The summed E-state index contributed by atoms with van der Waals surface area (Å²) in [6, 6.07) is 26.8. The molecule has 132 valence electrons. The van der Waals surface area contributed by atoms with Crippen molar-refractivity contribution in [1.82, 2.24) is 5.32 Å². The van der Waals surface area contributed by atoms with Crippen LogP contribution in [0.25, 0.3) is 5.57 Å². The SMILES string of the molecule is CC(=O)N[C@H]1C(=C(c2ccccc2)c2ccccc2)C(=O)c2ccccc21. The molecule has 3 aromatic rings. The molecule has 3 nitrogen and oxygen atoms in total. The van der Waals surface area contributed by atoms with Gasteiger partial charge in [-0.25, -0.2) is 0 Å². The summed E-state index contributed by atoms with van der Waals surface area (Å²) in [7, 11) is 0. The summed E-state index contributed by atoms with van der Waals surface area (Å²) < 4.78 is 0. The summed E-state index contributed by atoms with van der Waals surface area (Å²) in [5.41, 5.74) is 4.87. The molecule has 3 heteroatoms. The number of rotatable bonds is 3. The van der Waals surface area contributed by atoms with Crippen LogP contribution in [0.4, 0.5) is 0 Å². The van der Waals surface area contributed by atoms with Gasteiger partial charge in [0.2, 0.25) is 5.91 Å². The molecular formula is C24H19NO2. The Labute approximate surface area is 158 Å². The summed E-state index contributed by atoms with van der Waals surface area (Å²) in [5, 5.41) is 2.98. The zero-order valence-electron chi connectivity index (χ0n) is 15.0. The number of benzene rings is 3. The number of Topliss-reactive ketones (excluding diaryl/α,β-unsaturated/α-hetero) is 1. The smallest absolute Gasteiger partial charge is 0.217 e. The minimum Gasteiger partial charge on any atom is -0.345 e. The van der Waals surface area contributed by atoms with Crippen LogP contribution in [-0.2, 0) is 4.79 Å². The minimum atomic E-state index is -0.457. The number of carbonyl (C=O) groups excluding carboxylic acids is 2. The molecule has 3 aromatic carbocycles. The van der Waals surface area contributed by atoms with Crippen LogP contribution in [0.3, 0.4) is 0 Å². The Morgan fingerprint density at radius 2 is 1.30 bits per heavy atom. The van der Waals surface area contributed by atoms with Crippen molar-refractivity contribution in [2.24, 2.45) is 0 Å². The largest absolute Gasteiger partial charge is 0.345 e. The van der Waals surface area contributed by atoms with Crippen molar-refractivity contribution in [3.63, 3.8) is 0 Å². The lowest BCUT2D eigenvalue weighted by atomic mass is 9.89. The van der Waals surface area contributed by atoms with E-state index in [1.54, 1.807) is 0 Å². The van der Waals surface area contributed by atoms with Gasteiger partial charge in [-0.05, 0) is 22.3 Å². The van der Waals surface area contributed by atoms with Crippen LogP contribution < -0.4 is 5.32 Å².